The Kier molecular flexibility index (Phi) is 4.71. The lowest BCUT2D eigenvalue weighted by molar-refractivity contribution is -0.138. The summed E-state index contributed by atoms with van der Waals surface area (Å²) in [5.74, 6) is 0.234. The molecule has 26 heavy (non-hydrogen) atoms. The van der Waals surface area contributed by atoms with E-state index in [1.165, 1.54) is 0 Å². The van der Waals surface area contributed by atoms with Gasteiger partial charge < -0.3 is 24.1 Å². The topological polar surface area (TPSA) is 83.2 Å². The molecule has 1 aromatic heterocycles. The van der Waals surface area contributed by atoms with Crippen LogP contribution in [0.15, 0.2) is 16.5 Å². The van der Waals surface area contributed by atoms with Crippen LogP contribution >= 0.6 is 11.6 Å². The Balaban J connectivity index is 1.44. The number of ether oxygens (including phenoxy) is 1. The Hall–Kier alpha value is -1.57. The third-order valence-corrected chi connectivity index (χ3v) is 6.23. The zero-order valence-electron chi connectivity index (χ0n) is 14.5. The predicted molar refractivity (Wildman–Crippen MR) is 92.8 cm³/mol. The molecule has 8 heteroatoms. The monoisotopic (exact) mass is 382 g/mol. The molecule has 0 saturated carbocycles. The highest BCUT2D eigenvalue weighted by Crippen LogP contribution is 2.43. The van der Waals surface area contributed by atoms with E-state index >= 15 is 0 Å². The molecule has 2 atom stereocenters. The molecule has 3 aliphatic heterocycles. The van der Waals surface area contributed by atoms with Gasteiger partial charge in [-0.2, -0.15) is 0 Å². The molecule has 1 aromatic rings. The number of aliphatic hydroxyl groups excluding tert-OH is 1. The van der Waals surface area contributed by atoms with E-state index in [-0.39, 0.29) is 41.2 Å². The van der Waals surface area contributed by atoms with Gasteiger partial charge in [-0.15, -0.1) is 0 Å². The number of carbonyl (C=O) groups excluding carboxylic acids is 2. The molecule has 1 N–H and O–H groups in total. The third-order valence-electron chi connectivity index (χ3n) is 6.03. The van der Waals surface area contributed by atoms with Crippen molar-refractivity contribution in [3.05, 3.63) is 23.1 Å². The molecule has 3 aliphatic rings. The second kappa shape index (κ2) is 6.87. The van der Waals surface area contributed by atoms with Gasteiger partial charge in [-0.05, 0) is 36.6 Å². The molecule has 7 nitrogen and oxygen atoms in total. The molecule has 0 radical (unpaired) electrons. The minimum absolute atomic E-state index is 0.0151. The highest BCUT2D eigenvalue weighted by atomic mass is 35.5. The summed E-state index contributed by atoms with van der Waals surface area (Å²) in [6, 6.07) is 3.10. The van der Waals surface area contributed by atoms with Crippen molar-refractivity contribution < 1.29 is 23.8 Å². The van der Waals surface area contributed by atoms with Crippen molar-refractivity contribution in [2.75, 3.05) is 46.0 Å². The van der Waals surface area contributed by atoms with Crippen molar-refractivity contribution in [2.24, 2.45) is 17.3 Å². The fourth-order valence-corrected chi connectivity index (χ4v) is 4.66. The molecule has 0 spiro atoms. The van der Waals surface area contributed by atoms with E-state index in [0.717, 1.165) is 12.8 Å². The van der Waals surface area contributed by atoms with Crippen molar-refractivity contribution >= 4 is 23.4 Å². The van der Waals surface area contributed by atoms with Crippen LogP contribution in [-0.4, -0.2) is 72.7 Å². The van der Waals surface area contributed by atoms with Gasteiger partial charge in [0.25, 0.3) is 5.91 Å². The van der Waals surface area contributed by atoms with Gasteiger partial charge in [0, 0.05) is 56.6 Å². The number of hydrogen-bond donors (Lipinski definition) is 1. The zero-order valence-corrected chi connectivity index (χ0v) is 15.3. The van der Waals surface area contributed by atoms with E-state index in [2.05, 4.69) is 0 Å². The molecule has 3 saturated heterocycles. The van der Waals surface area contributed by atoms with Crippen LogP contribution in [0.25, 0.3) is 0 Å². The number of halogens is 1. The van der Waals surface area contributed by atoms with Crippen LogP contribution in [0.2, 0.25) is 5.22 Å². The zero-order chi connectivity index (χ0) is 18.3. The summed E-state index contributed by atoms with van der Waals surface area (Å²) in [5.41, 5.74) is -0.452. The standard InChI is InChI=1S/C18H23ClN2O5/c19-15-2-1-14(26-15)17(24)21-8-13-7-20(9-18(13,10-21)11-22)16(23)12-3-5-25-6-4-12/h1-2,12-13,22H,3-11H2. The number of fused-ring (bicyclic) bond motifs is 1. The largest absolute Gasteiger partial charge is 0.440 e. The number of nitrogens with zero attached hydrogens (tertiary/aromatic N) is 2. The second-order valence-corrected chi connectivity index (χ2v) is 7.98. The summed E-state index contributed by atoms with van der Waals surface area (Å²) >= 11 is 5.76. The van der Waals surface area contributed by atoms with Crippen LogP contribution in [0.3, 0.4) is 0 Å². The van der Waals surface area contributed by atoms with Gasteiger partial charge in [0.1, 0.15) is 0 Å². The Morgan fingerprint density at radius 1 is 1.19 bits per heavy atom. The van der Waals surface area contributed by atoms with Gasteiger partial charge in [0.05, 0.1) is 6.61 Å². The van der Waals surface area contributed by atoms with Crippen molar-refractivity contribution in [1.29, 1.82) is 0 Å². The number of hydrogen-bond acceptors (Lipinski definition) is 5. The van der Waals surface area contributed by atoms with Gasteiger partial charge in [-0.1, -0.05) is 0 Å². The summed E-state index contributed by atoms with van der Waals surface area (Å²) in [6.07, 6.45) is 1.52. The minimum Gasteiger partial charge on any atom is -0.440 e. The highest BCUT2D eigenvalue weighted by molar-refractivity contribution is 6.29. The smallest absolute Gasteiger partial charge is 0.289 e. The van der Waals surface area contributed by atoms with Gasteiger partial charge in [-0.25, -0.2) is 0 Å². The number of furan rings is 1. The molecule has 2 amide bonds. The van der Waals surface area contributed by atoms with Crippen molar-refractivity contribution in [3.8, 4) is 0 Å². The Bertz CT molecular complexity index is 702. The van der Waals surface area contributed by atoms with Crippen LogP contribution in [0.5, 0.6) is 0 Å². The molecule has 0 aromatic carbocycles. The van der Waals surface area contributed by atoms with E-state index in [0.29, 0.717) is 39.4 Å². The Labute approximate surface area is 156 Å². The summed E-state index contributed by atoms with van der Waals surface area (Å²) in [7, 11) is 0. The summed E-state index contributed by atoms with van der Waals surface area (Å²) in [4.78, 5) is 29.0. The average Bonchev–Trinajstić information content (AvgIpc) is 3.33. The molecule has 0 aliphatic carbocycles. The van der Waals surface area contributed by atoms with Gasteiger partial charge in [0.15, 0.2) is 11.0 Å². The molecule has 4 heterocycles. The first-order valence-electron chi connectivity index (χ1n) is 9.04. The number of likely N-dealkylation sites (tertiary alicyclic amines) is 2. The number of carbonyl (C=O) groups is 2. The van der Waals surface area contributed by atoms with Gasteiger partial charge in [0.2, 0.25) is 5.91 Å². The lowest BCUT2D eigenvalue weighted by atomic mass is 9.82. The van der Waals surface area contributed by atoms with Gasteiger partial charge in [-0.3, -0.25) is 9.59 Å². The van der Waals surface area contributed by atoms with E-state index in [1.807, 2.05) is 4.90 Å². The summed E-state index contributed by atoms with van der Waals surface area (Å²) in [6.45, 7) is 3.22. The predicted octanol–water partition coefficient (Wildman–Crippen LogP) is 1.25. The maximum absolute atomic E-state index is 12.8. The third kappa shape index (κ3) is 3.02. The molecular formula is C18H23ClN2O5. The van der Waals surface area contributed by atoms with Crippen LogP contribution in [0.4, 0.5) is 0 Å². The second-order valence-electron chi connectivity index (χ2n) is 7.61. The van der Waals surface area contributed by atoms with E-state index < -0.39 is 5.41 Å². The SMILES string of the molecule is O=C(c1ccc(Cl)o1)N1CC2CN(C(=O)C3CCOCC3)CC2(CO)C1. The van der Waals surface area contributed by atoms with Crippen molar-refractivity contribution in [3.63, 3.8) is 0 Å². The molecule has 3 fully saturated rings. The van der Waals surface area contributed by atoms with Crippen LogP contribution in [0.1, 0.15) is 23.4 Å². The van der Waals surface area contributed by atoms with Crippen LogP contribution in [0, 0.1) is 17.3 Å². The fourth-order valence-electron chi connectivity index (χ4n) is 4.51. The number of rotatable bonds is 3. The molecular weight excluding hydrogens is 360 g/mol. The van der Waals surface area contributed by atoms with Crippen LogP contribution < -0.4 is 0 Å². The lowest BCUT2D eigenvalue weighted by Gasteiger charge is -2.30. The van der Waals surface area contributed by atoms with Gasteiger partial charge >= 0.3 is 0 Å². The fraction of sp³-hybridized carbons (Fsp3) is 0.667. The molecule has 0 bridgehead atoms. The maximum atomic E-state index is 12.8. The van der Waals surface area contributed by atoms with E-state index in [9.17, 15) is 14.7 Å². The molecule has 4 rings (SSSR count). The first-order valence-corrected chi connectivity index (χ1v) is 9.42. The minimum atomic E-state index is -0.452. The lowest BCUT2D eigenvalue weighted by Crippen LogP contribution is -2.42. The Morgan fingerprint density at radius 3 is 2.50 bits per heavy atom. The molecule has 142 valence electrons. The van der Waals surface area contributed by atoms with E-state index in [4.69, 9.17) is 20.8 Å². The van der Waals surface area contributed by atoms with E-state index in [1.54, 1.807) is 17.0 Å². The summed E-state index contributed by atoms with van der Waals surface area (Å²) in [5, 5.41) is 10.2. The van der Waals surface area contributed by atoms with Crippen molar-refractivity contribution in [2.45, 2.75) is 12.8 Å². The maximum Gasteiger partial charge on any atom is 0.289 e. The summed E-state index contributed by atoms with van der Waals surface area (Å²) < 4.78 is 10.6. The quantitative estimate of drug-likeness (QED) is 0.850. The first kappa shape index (κ1) is 17.8. The number of amides is 2. The Morgan fingerprint density at radius 2 is 1.88 bits per heavy atom. The normalized spacial score (nSPS) is 29.2. The average molecular weight is 383 g/mol. The molecule has 2 unspecified atom stereocenters. The first-order chi connectivity index (χ1) is 12.5. The van der Waals surface area contributed by atoms with Crippen LogP contribution in [-0.2, 0) is 9.53 Å². The van der Waals surface area contributed by atoms with Crippen molar-refractivity contribution in [1.82, 2.24) is 9.80 Å². The number of aliphatic hydroxyl groups is 1. The highest BCUT2D eigenvalue weighted by Gasteiger charge is 2.54.